The van der Waals surface area contributed by atoms with E-state index >= 15 is 0 Å². The Bertz CT molecular complexity index is 1000. The van der Waals surface area contributed by atoms with Crippen LogP contribution in [0, 0.1) is 29.1 Å². The molecule has 1 saturated carbocycles. The Morgan fingerprint density at radius 2 is 2.05 bits per heavy atom. The smallest absolute Gasteiger partial charge is 0.228 e. The highest BCUT2D eigenvalue weighted by atomic mass is 19.1. The molecule has 1 amide bonds. The molecule has 1 aliphatic carbocycles. The molecular formula is C34H59FN6O2. The first kappa shape index (κ1) is 31.8. The molecule has 4 saturated heterocycles. The van der Waals surface area contributed by atoms with Gasteiger partial charge < -0.3 is 26.0 Å². The van der Waals surface area contributed by atoms with Crippen LogP contribution in [0.2, 0.25) is 0 Å². The molecule has 0 aromatic carbocycles. The number of halogens is 1. The van der Waals surface area contributed by atoms with Crippen molar-refractivity contribution in [1.82, 2.24) is 20.9 Å². The second kappa shape index (κ2) is 13.3. The Morgan fingerprint density at radius 3 is 2.79 bits per heavy atom. The number of nitrogens with zero attached hydrogens (tertiary/aromatic N) is 2. The highest BCUT2D eigenvalue weighted by Gasteiger charge is 2.54. The third kappa shape index (κ3) is 6.45. The van der Waals surface area contributed by atoms with Crippen molar-refractivity contribution in [2.45, 2.75) is 140 Å². The number of nitrogens with two attached hydrogens (primary N) is 1. The summed E-state index contributed by atoms with van der Waals surface area (Å²) in [4.78, 5) is 22.3. The Kier molecular flexibility index (Phi) is 9.85. The molecule has 0 aromatic rings. The van der Waals surface area contributed by atoms with Crippen LogP contribution < -0.4 is 21.7 Å². The molecule has 5 N–H and O–H groups in total. The Morgan fingerprint density at radius 1 is 1.19 bits per heavy atom. The lowest BCUT2D eigenvalue weighted by atomic mass is 9.71. The van der Waals surface area contributed by atoms with E-state index < -0.39 is 23.8 Å². The molecule has 6 rings (SSSR count). The van der Waals surface area contributed by atoms with Crippen molar-refractivity contribution in [2.24, 2.45) is 39.8 Å². The normalized spacial score (nSPS) is 48.3. The first-order valence-electron chi connectivity index (χ1n) is 17.8. The van der Waals surface area contributed by atoms with Gasteiger partial charge in [0.25, 0.3) is 0 Å². The van der Waals surface area contributed by atoms with Crippen LogP contribution in [0.5, 0.6) is 0 Å². The highest BCUT2D eigenvalue weighted by molar-refractivity contribution is 5.81. The van der Waals surface area contributed by atoms with Gasteiger partial charge in [-0.05, 0) is 62.8 Å². The number of carbonyl (C=O) groups is 1. The molecule has 0 radical (unpaired) electrons. The maximum atomic E-state index is 15.0. The number of amides is 1. The number of fused-ring (bicyclic) bond motifs is 7. The molecular weight excluding hydrogens is 543 g/mol. The van der Waals surface area contributed by atoms with Crippen molar-refractivity contribution in [3.8, 4) is 0 Å². The minimum absolute atomic E-state index is 0.0265. The van der Waals surface area contributed by atoms with Crippen LogP contribution >= 0.6 is 0 Å². The summed E-state index contributed by atoms with van der Waals surface area (Å²) in [5.41, 5.74) is 6.31. The van der Waals surface area contributed by atoms with Crippen molar-refractivity contribution < 1.29 is 13.9 Å². The summed E-state index contributed by atoms with van der Waals surface area (Å²) in [6.07, 6.45) is 12.8. The fourth-order valence-corrected chi connectivity index (χ4v) is 10.1. The third-order valence-electron chi connectivity index (χ3n) is 12.5. The predicted molar refractivity (Wildman–Crippen MR) is 170 cm³/mol. The molecule has 9 heteroatoms. The number of nitrogens with one attached hydrogen (secondary N) is 3. The van der Waals surface area contributed by atoms with E-state index in [1.165, 1.54) is 25.8 Å². The Balaban J connectivity index is 1.31. The molecule has 6 bridgehead atoms. The summed E-state index contributed by atoms with van der Waals surface area (Å²) in [6, 6.07) is -0.112. The molecule has 8 nitrogen and oxygen atoms in total. The quantitative estimate of drug-likeness (QED) is 0.354. The fourth-order valence-electron chi connectivity index (χ4n) is 10.1. The standard InChI is InChI=1S/C34H59FN6O2/c1-4-13-33(3)16-26-29(31(36)39-28(33)11-10-24(35)17-38-26)32(42)40-34-14-8-6-7-9-22(5-2)25(18-37-21-34)30(34)43-27-20-41-15-12-23(27)19-41/h18,22-31,38-39H,4-17,19-21,36H2,1-3H3,(H,40,42). The zero-order valence-electron chi connectivity index (χ0n) is 27.0. The topological polar surface area (TPSA) is 104 Å². The van der Waals surface area contributed by atoms with Crippen LogP contribution in [0.4, 0.5) is 4.39 Å². The van der Waals surface area contributed by atoms with Crippen molar-refractivity contribution in [3.63, 3.8) is 0 Å². The summed E-state index contributed by atoms with van der Waals surface area (Å²) < 4.78 is 22.2. The largest absolute Gasteiger partial charge is 0.370 e. The third-order valence-corrected chi connectivity index (χ3v) is 12.5. The summed E-state index contributed by atoms with van der Waals surface area (Å²) in [5, 5.41) is 10.9. The lowest BCUT2D eigenvalue weighted by Crippen LogP contribution is -2.68. The number of piperidine rings is 1. The second-order valence-electron chi connectivity index (χ2n) is 15.5. The van der Waals surface area contributed by atoms with Gasteiger partial charge in [0, 0.05) is 49.8 Å². The van der Waals surface area contributed by atoms with Gasteiger partial charge in [-0.15, -0.1) is 0 Å². The molecule has 5 aliphatic heterocycles. The van der Waals surface area contributed by atoms with E-state index in [0.29, 0.717) is 24.8 Å². The molecule has 0 spiro atoms. The maximum Gasteiger partial charge on any atom is 0.228 e. The molecule has 0 aromatic heterocycles. The molecule has 13 unspecified atom stereocenters. The molecule has 13 atom stereocenters. The van der Waals surface area contributed by atoms with Gasteiger partial charge in [0.15, 0.2) is 0 Å². The van der Waals surface area contributed by atoms with Crippen LogP contribution in [-0.4, -0.2) is 91.9 Å². The van der Waals surface area contributed by atoms with E-state index in [-0.39, 0.29) is 48.1 Å². The van der Waals surface area contributed by atoms with Crippen molar-refractivity contribution in [3.05, 3.63) is 0 Å². The van der Waals surface area contributed by atoms with Crippen molar-refractivity contribution in [1.29, 1.82) is 0 Å². The van der Waals surface area contributed by atoms with Crippen LogP contribution in [-0.2, 0) is 9.53 Å². The van der Waals surface area contributed by atoms with E-state index in [4.69, 9.17) is 15.5 Å². The number of carbonyl (C=O) groups excluding carboxylic acids is 1. The predicted octanol–water partition coefficient (Wildman–Crippen LogP) is 3.78. The molecule has 6 aliphatic rings. The van der Waals surface area contributed by atoms with E-state index in [2.05, 4.69) is 47.8 Å². The number of ether oxygens (including phenoxy) is 1. The Hall–Kier alpha value is -1.13. The van der Waals surface area contributed by atoms with Crippen LogP contribution in [0.25, 0.3) is 0 Å². The summed E-state index contributed by atoms with van der Waals surface area (Å²) in [7, 11) is 0. The van der Waals surface area contributed by atoms with E-state index in [9.17, 15) is 9.18 Å². The number of hydrogen-bond acceptors (Lipinski definition) is 7. The number of alkyl halides is 1. The molecule has 5 heterocycles. The maximum absolute atomic E-state index is 15.0. The molecule has 5 fully saturated rings. The van der Waals surface area contributed by atoms with Gasteiger partial charge in [0.1, 0.15) is 6.17 Å². The Labute approximate surface area is 259 Å². The summed E-state index contributed by atoms with van der Waals surface area (Å²) in [6.45, 7) is 11.0. The van der Waals surface area contributed by atoms with E-state index in [0.717, 1.165) is 64.5 Å². The highest BCUT2D eigenvalue weighted by Crippen LogP contribution is 2.43. The zero-order valence-corrected chi connectivity index (χ0v) is 27.0. The average molecular weight is 603 g/mol. The minimum Gasteiger partial charge on any atom is -0.370 e. The van der Waals surface area contributed by atoms with Gasteiger partial charge in [-0.3, -0.25) is 15.1 Å². The molecule has 43 heavy (non-hydrogen) atoms. The minimum atomic E-state index is -0.920. The van der Waals surface area contributed by atoms with Crippen molar-refractivity contribution >= 4 is 12.1 Å². The summed E-state index contributed by atoms with van der Waals surface area (Å²) >= 11 is 0. The van der Waals surface area contributed by atoms with Crippen LogP contribution in [0.3, 0.4) is 0 Å². The van der Waals surface area contributed by atoms with Gasteiger partial charge in [0.2, 0.25) is 5.91 Å². The van der Waals surface area contributed by atoms with Gasteiger partial charge >= 0.3 is 0 Å². The van der Waals surface area contributed by atoms with Gasteiger partial charge in [-0.1, -0.05) is 52.9 Å². The average Bonchev–Trinajstić information content (AvgIpc) is 3.59. The zero-order chi connectivity index (χ0) is 30.2. The van der Waals surface area contributed by atoms with Crippen LogP contribution in [0.1, 0.15) is 97.8 Å². The number of aliphatic imine (C=N–C) groups is 1. The second-order valence-corrected chi connectivity index (χ2v) is 15.5. The lowest BCUT2D eigenvalue weighted by molar-refractivity contribution is -0.138. The van der Waals surface area contributed by atoms with Crippen LogP contribution in [0.15, 0.2) is 4.99 Å². The first-order chi connectivity index (χ1) is 20.7. The van der Waals surface area contributed by atoms with Gasteiger partial charge in [0.05, 0.1) is 36.4 Å². The molecule has 244 valence electrons. The van der Waals surface area contributed by atoms with E-state index in [1.54, 1.807) is 0 Å². The number of rotatable bonds is 7. The van der Waals surface area contributed by atoms with Gasteiger partial charge in [-0.2, -0.15) is 0 Å². The monoisotopic (exact) mass is 602 g/mol. The van der Waals surface area contributed by atoms with Crippen molar-refractivity contribution in [2.75, 3.05) is 32.7 Å². The number of hydrogen-bond donors (Lipinski definition) is 4. The fraction of sp³-hybridized carbons (Fsp3) is 0.941. The van der Waals surface area contributed by atoms with E-state index in [1.807, 2.05) is 0 Å². The van der Waals surface area contributed by atoms with Gasteiger partial charge in [-0.25, -0.2) is 4.39 Å². The SMILES string of the molecule is CCCC1(C)CC2NCC(F)CCC1NC(N)C2C(=O)NC12CCCCCC(CC)C(C=NC1)C2OC1CN2CCC1C2. The lowest BCUT2D eigenvalue weighted by Gasteiger charge is -2.49. The summed E-state index contributed by atoms with van der Waals surface area (Å²) in [5.74, 6) is 0.735. The first-order valence-corrected chi connectivity index (χ1v) is 17.8.